The molecule has 0 spiro atoms. The van der Waals surface area contributed by atoms with E-state index in [1.165, 1.54) is 25.5 Å². The summed E-state index contributed by atoms with van der Waals surface area (Å²) in [7, 11) is -2.88. The standard InChI is InChI=1S/C20H16Cl2N4O5S/c1-31-19-8-3-2-7-17(19)25-32(29,30)20-11-13(26(27)28)9-10-18(20)24-23-12-14-15(21)5-4-6-16(14)22/h2-12,24-25H,1H3/b23-12-. The zero-order valence-corrected chi connectivity index (χ0v) is 18.8. The van der Waals surface area contributed by atoms with Crippen molar-refractivity contribution in [3.63, 3.8) is 0 Å². The molecule has 0 fully saturated rings. The minimum Gasteiger partial charge on any atom is -0.495 e. The molecule has 0 unspecified atom stereocenters. The largest absolute Gasteiger partial charge is 0.495 e. The number of nitro benzene ring substituents is 1. The Hall–Kier alpha value is -3.34. The first kappa shape index (κ1) is 23.3. The molecule has 3 aromatic carbocycles. The molecule has 166 valence electrons. The quantitative estimate of drug-likeness (QED) is 0.253. The number of hydrazone groups is 1. The second kappa shape index (κ2) is 9.86. The molecule has 32 heavy (non-hydrogen) atoms. The molecule has 0 radical (unpaired) electrons. The van der Waals surface area contributed by atoms with Crippen LogP contribution in [0, 0.1) is 10.1 Å². The first-order chi connectivity index (χ1) is 15.2. The average molecular weight is 495 g/mol. The van der Waals surface area contributed by atoms with Crippen LogP contribution in [0.3, 0.4) is 0 Å². The summed E-state index contributed by atoms with van der Waals surface area (Å²) in [6.07, 6.45) is 1.32. The van der Waals surface area contributed by atoms with Crippen molar-refractivity contribution in [3.8, 4) is 5.75 Å². The molecule has 0 aromatic heterocycles. The summed E-state index contributed by atoms with van der Waals surface area (Å²) >= 11 is 12.2. The van der Waals surface area contributed by atoms with Crippen molar-refractivity contribution >= 4 is 56.5 Å². The molecule has 12 heteroatoms. The Balaban J connectivity index is 1.99. The van der Waals surface area contributed by atoms with Crippen LogP contribution in [0.4, 0.5) is 17.1 Å². The van der Waals surface area contributed by atoms with Crippen LogP contribution >= 0.6 is 23.2 Å². The van der Waals surface area contributed by atoms with Gasteiger partial charge in [0.1, 0.15) is 10.6 Å². The fraction of sp³-hybridized carbons (Fsp3) is 0.0500. The Morgan fingerprint density at radius 2 is 1.72 bits per heavy atom. The summed E-state index contributed by atoms with van der Waals surface area (Å²) in [5.74, 6) is 0.280. The van der Waals surface area contributed by atoms with Crippen molar-refractivity contribution in [1.29, 1.82) is 0 Å². The number of nitrogens with one attached hydrogen (secondary N) is 2. The van der Waals surface area contributed by atoms with E-state index in [-0.39, 0.29) is 22.0 Å². The third-order valence-corrected chi connectivity index (χ3v) is 6.26. The third kappa shape index (κ3) is 5.28. The molecule has 3 rings (SSSR count). The molecule has 0 bridgehead atoms. The van der Waals surface area contributed by atoms with Crippen molar-refractivity contribution in [2.75, 3.05) is 17.3 Å². The van der Waals surface area contributed by atoms with Crippen LogP contribution in [0.15, 0.2) is 70.7 Å². The average Bonchev–Trinajstić information content (AvgIpc) is 2.76. The predicted octanol–water partition coefficient (Wildman–Crippen LogP) is 5.16. The van der Waals surface area contributed by atoms with Gasteiger partial charge >= 0.3 is 0 Å². The Kier molecular flexibility index (Phi) is 7.18. The number of methoxy groups -OCH3 is 1. The van der Waals surface area contributed by atoms with Crippen LogP contribution in [-0.4, -0.2) is 26.7 Å². The number of halogens is 2. The Morgan fingerprint density at radius 3 is 2.38 bits per heavy atom. The smallest absolute Gasteiger partial charge is 0.270 e. The predicted molar refractivity (Wildman–Crippen MR) is 125 cm³/mol. The van der Waals surface area contributed by atoms with Gasteiger partial charge in [-0.15, -0.1) is 0 Å². The zero-order valence-electron chi connectivity index (χ0n) is 16.5. The van der Waals surface area contributed by atoms with Crippen LogP contribution in [0.5, 0.6) is 5.75 Å². The van der Waals surface area contributed by atoms with Gasteiger partial charge in [-0.25, -0.2) is 8.42 Å². The van der Waals surface area contributed by atoms with Crippen molar-refractivity contribution in [2.24, 2.45) is 5.10 Å². The lowest BCUT2D eigenvalue weighted by atomic mass is 10.2. The van der Waals surface area contributed by atoms with Crippen molar-refractivity contribution in [2.45, 2.75) is 4.90 Å². The van der Waals surface area contributed by atoms with Gasteiger partial charge in [0.05, 0.1) is 39.7 Å². The highest BCUT2D eigenvalue weighted by atomic mass is 35.5. The van der Waals surface area contributed by atoms with E-state index in [2.05, 4.69) is 15.2 Å². The summed E-state index contributed by atoms with van der Waals surface area (Å²) in [6, 6.07) is 14.6. The van der Waals surface area contributed by atoms with Crippen LogP contribution in [-0.2, 0) is 10.0 Å². The number of rotatable bonds is 8. The lowest BCUT2D eigenvalue weighted by Gasteiger charge is -2.14. The molecular formula is C20H16Cl2N4O5S. The summed E-state index contributed by atoms with van der Waals surface area (Å²) in [5.41, 5.74) is 2.76. The van der Waals surface area contributed by atoms with E-state index in [0.29, 0.717) is 15.6 Å². The Morgan fingerprint density at radius 1 is 1.03 bits per heavy atom. The van der Waals surface area contributed by atoms with Gasteiger partial charge in [0.2, 0.25) is 0 Å². The van der Waals surface area contributed by atoms with E-state index >= 15 is 0 Å². The van der Waals surface area contributed by atoms with Crippen LogP contribution in [0.2, 0.25) is 10.0 Å². The van der Waals surface area contributed by atoms with Crippen molar-refractivity contribution in [3.05, 3.63) is 86.4 Å². The zero-order chi connectivity index (χ0) is 23.3. The van der Waals surface area contributed by atoms with Gasteiger partial charge in [0, 0.05) is 17.7 Å². The number of nitrogens with zero attached hydrogens (tertiary/aromatic N) is 2. The van der Waals surface area contributed by atoms with E-state index in [9.17, 15) is 18.5 Å². The highest BCUT2D eigenvalue weighted by Crippen LogP contribution is 2.31. The molecular weight excluding hydrogens is 479 g/mol. The minimum absolute atomic E-state index is 0.00239. The maximum absolute atomic E-state index is 13.1. The monoisotopic (exact) mass is 494 g/mol. The van der Waals surface area contributed by atoms with Gasteiger partial charge in [-0.3, -0.25) is 20.3 Å². The van der Waals surface area contributed by atoms with Gasteiger partial charge in [0.25, 0.3) is 15.7 Å². The minimum atomic E-state index is -4.27. The molecule has 0 amide bonds. The molecule has 0 heterocycles. The topological polar surface area (TPSA) is 123 Å². The summed E-state index contributed by atoms with van der Waals surface area (Å²) in [6.45, 7) is 0. The molecule has 0 saturated carbocycles. The van der Waals surface area contributed by atoms with E-state index in [1.54, 1.807) is 36.4 Å². The third-order valence-electron chi connectivity index (χ3n) is 4.20. The van der Waals surface area contributed by atoms with E-state index < -0.39 is 20.6 Å². The number of benzene rings is 3. The van der Waals surface area contributed by atoms with E-state index in [4.69, 9.17) is 27.9 Å². The number of hydrogen-bond donors (Lipinski definition) is 2. The molecule has 0 aliphatic rings. The van der Waals surface area contributed by atoms with Crippen molar-refractivity contribution < 1.29 is 18.1 Å². The Labute approximate surface area is 193 Å². The number of para-hydroxylation sites is 2. The highest BCUT2D eigenvalue weighted by molar-refractivity contribution is 7.93. The lowest BCUT2D eigenvalue weighted by Crippen LogP contribution is -2.15. The molecule has 3 aromatic rings. The maximum Gasteiger partial charge on any atom is 0.270 e. The van der Waals surface area contributed by atoms with Gasteiger partial charge in [-0.1, -0.05) is 41.4 Å². The SMILES string of the molecule is COc1ccccc1NS(=O)(=O)c1cc([N+](=O)[O-])ccc1N/N=C\c1c(Cl)cccc1Cl. The van der Waals surface area contributed by atoms with Gasteiger partial charge in [-0.05, 0) is 30.3 Å². The first-order valence-corrected chi connectivity index (χ1v) is 11.1. The van der Waals surface area contributed by atoms with Crippen molar-refractivity contribution in [1.82, 2.24) is 0 Å². The normalized spacial score (nSPS) is 11.3. The summed E-state index contributed by atoms with van der Waals surface area (Å²) < 4.78 is 33.7. The fourth-order valence-electron chi connectivity index (χ4n) is 2.67. The van der Waals surface area contributed by atoms with Gasteiger partial charge in [0.15, 0.2) is 0 Å². The number of anilines is 2. The highest BCUT2D eigenvalue weighted by Gasteiger charge is 2.23. The van der Waals surface area contributed by atoms with E-state index in [0.717, 1.165) is 12.1 Å². The van der Waals surface area contributed by atoms with Gasteiger partial charge < -0.3 is 4.74 Å². The molecule has 0 aliphatic carbocycles. The molecule has 0 atom stereocenters. The van der Waals surface area contributed by atoms with Crippen LogP contribution < -0.4 is 14.9 Å². The van der Waals surface area contributed by atoms with E-state index in [1.807, 2.05) is 0 Å². The number of nitro groups is 1. The number of sulfonamides is 1. The number of hydrogen-bond acceptors (Lipinski definition) is 7. The molecule has 0 saturated heterocycles. The Bertz CT molecular complexity index is 1280. The number of non-ortho nitro benzene ring substituents is 1. The lowest BCUT2D eigenvalue weighted by molar-refractivity contribution is -0.385. The molecule has 9 nitrogen and oxygen atoms in total. The summed E-state index contributed by atoms with van der Waals surface area (Å²) in [5, 5.41) is 15.9. The number of ether oxygens (including phenoxy) is 1. The first-order valence-electron chi connectivity index (χ1n) is 8.90. The maximum atomic E-state index is 13.1. The van der Waals surface area contributed by atoms with Gasteiger partial charge in [-0.2, -0.15) is 5.10 Å². The second-order valence-electron chi connectivity index (χ2n) is 6.25. The molecule has 0 aliphatic heterocycles. The second-order valence-corrected chi connectivity index (χ2v) is 8.71. The van der Waals surface area contributed by atoms with Crippen LogP contribution in [0.1, 0.15) is 5.56 Å². The van der Waals surface area contributed by atoms with Crippen LogP contribution in [0.25, 0.3) is 0 Å². The summed E-state index contributed by atoms with van der Waals surface area (Å²) in [4.78, 5) is 10.1. The molecule has 2 N–H and O–H groups in total. The fourth-order valence-corrected chi connectivity index (χ4v) is 4.41.